The largest absolute Gasteiger partial charge is 0.421 e. The number of amides is 1. The zero-order chi connectivity index (χ0) is 18.7. The van der Waals surface area contributed by atoms with Crippen molar-refractivity contribution in [3.8, 4) is 0 Å². The molecule has 3 rings (SSSR count). The molecule has 0 spiro atoms. The van der Waals surface area contributed by atoms with Gasteiger partial charge in [-0.25, -0.2) is 0 Å². The number of nitrogens with zero attached hydrogens (tertiary/aromatic N) is 2. The maximum absolute atomic E-state index is 12.8. The Balaban J connectivity index is 1.72. The molecule has 1 aromatic heterocycles. The van der Waals surface area contributed by atoms with Crippen LogP contribution in [0, 0.1) is 0 Å². The lowest BCUT2D eigenvalue weighted by molar-refractivity contribution is -0.139. The smallest absolute Gasteiger partial charge is 0.371 e. The first kappa shape index (κ1) is 18.0. The molecular formula is C18H18F3N3O2. The molecule has 0 radical (unpaired) electrons. The summed E-state index contributed by atoms with van der Waals surface area (Å²) in [6.07, 6.45) is -1.34. The minimum Gasteiger partial charge on any atom is -0.371 e. The zero-order valence-corrected chi connectivity index (χ0v) is 13.9. The monoisotopic (exact) mass is 365 g/mol. The number of halogens is 3. The fraction of sp³-hybridized carbons (Fsp3) is 0.333. The molecule has 1 N–H and O–H groups in total. The van der Waals surface area contributed by atoms with Crippen molar-refractivity contribution >= 4 is 17.3 Å². The van der Waals surface area contributed by atoms with E-state index in [0.717, 1.165) is 48.4 Å². The van der Waals surface area contributed by atoms with Crippen LogP contribution in [0.15, 0.2) is 47.4 Å². The van der Waals surface area contributed by atoms with Crippen LogP contribution in [0.4, 0.5) is 24.5 Å². The first-order valence-electron chi connectivity index (χ1n) is 8.26. The average Bonchev–Trinajstić information content (AvgIpc) is 3.10. The van der Waals surface area contributed by atoms with Crippen molar-refractivity contribution in [3.63, 3.8) is 0 Å². The standard InChI is InChI=1S/C18H18F3N3O2/c19-18(20,21)15-7-4-10-24(17(15)26)12-16(25)22-13-5-3-6-14(11-13)23-8-1-2-9-23/h3-7,10-11H,1-2,8-9,12H2,(H,22,25). The molecule has 2 aromatic rings. The van der Waals surface area contributed by atoms with Gasteiger partial charge in [-0.2, -0.15) is 13.2 Å². The summed E-state index contributed by atoms with van der Waals surface area (Å²) in [6, 6.07) is 9.07. The normalized spacial score (nSPS) is 14.5. The van der Waals surface area contributed by atoms with Crippen molar-refractivity contribution in [2.24, 2.45) is 0 Å². The molecule has 138 valence electrons. The lowest BCUT2D eigenvalue weighted by Gasteiger charge is -2.18. The highest BCUT2D eigenvalue weighted by atomic mass is 19.4. The van der Waals surface area contributed by atoms with Crippen molar-refractivity contribution in [3.05, 3.63) is 58.5 Å². The quantitative estimate of drug-likeness (QED) is 0.906. The number of rotatable bonds is 4. The molecule has 1 aliphatic heterocycles. The molecule has 0 atom stereocenters. The Morgan fingerprint density at radius 2 is 1.85 bits per heavy atom. The predicted molar refractivity (Wildman–Crippen MR) is 92.2 cm³/mol. The number of nitrogens with one attached hydrogen (secondary N) is 1. The second-order valence-corrected chi connectivity index (χ2v) is 6.15. The summed E-state index contributed by atoms with van der Waals surface area (Å²) >= 11 is 0. The number of pyridine rings is 1. The van der Waals surface area contributed by atoms with Gasteiger partial charge in [-0.15, -0.1) is 0 Å². The van der Waals surface area contributed by atoms with Crippen LogP contribution in [0.5, 0.6) is 0 Å². The van der Waals surface area contributed by atoms with Crippen LogP contribution in [0.1, 0.15) is 18.4 Å². The summed E-state index contributed by atoms with van der Waals surface area (Å²) in [7, 11) is 0. The van der Waals surface area contributed by atoms with Gasteiger partial charge < -0.3 is 14.8 Å². The molecule has 0 saturated carbocycles. The van der Waals surface area contributed by atoms with Gasteiger partial charge in [0.05, 0.1) is 0 Å². The van der Waals surface area contributed by atoms with Crippen molar-refractivity contribution in [2.75, 3.05) is 23.3 Å². The van der Waals surface area contributed by atoms with Gasteiger partial charge in [0.25, 0.3) is 5.56 Å². The van der Waals surface area contributed by atoms with Gasteiger partial charge >= 0.3 is 6.18 Å². The molecule has 1 fully saturated rings. The Hall–Kier alpha value is -2.77. The fourth-order valence-electron chi connectivity index (χ4n) is 2.99. The lowest BCUT2D eigenvalue weighted by atomic mass is 10.2. The highest BCUT2D eigenvalue weighted by Gasteiger charge is 2.34. The van der Waals surface area contributed by atoms with Crippen LogP contribution in [0.2, 0.25) is 0 Å². The van der Waals surface area contributed by atoms with E-state index in [9.17, 15) is 22.8 Å². The Morgan fingerprint density at radius 1 is 1.12 bits per heavy atom. The van der Waals surface area contributed by atoms with Crippen LogP contribution < -0.4 is 15.8 Å². The van der Waals surface area contributed by atoms with Gasteiger partial charge in [0.2, 0.25) is 5.91 Å². The summed E-state index contributed by atoms with van der Waals surface area (Å²) in [5, 5.41) is 2.63. The third-order valence-electron chi connectivity index (χ3n) is 4.24. The summed E-state index contributed by atoms with van der Waals surface area (Å²) in [6.45, 7) is 1.42. The van der Waals surface area contributed by atoms with Crippen molar-refractivity contribution in [1.29, 1.82) is 0 Å². The minimum atomic E-state index is -4.75. The number of benzene rings is 1. The molecule has 1 saturated heterocycles. The highest BCUT2D eigenvalue weighted by Crippen LogP contribution is 2.26. The molecule has 8 heteroatoms. The molecule has 5 nitrogen and oxygen atoms in total. The van der Waals surface area contributed by atoms with E-state index in [-0.39, 0.29) is 0 Å². The van der Waals surface area contributed by atoms with Crippen molar-refractivity contribution < 1.29 is 18.0 Å². The first-order chi connectivity index (χ1) is 12.3. The number of alkyl halides is 3. The summed E-state index contributed by atoms with van der Waals surface area (Å²) < 4.78 is 39.1. The van der Waals surface area contributed by atoms with Gasteiger partial charge in [-0.3, -0.25) is 9.59 Å². The Bertz CT molecular complexity index is 855. The number of anilines is 2. The molecule has 1 aromatic carbocycles. The first-order valence-corrected chi connectivity index (χ1v) is 8.26. The third kappa shape index (κ3) is 4.07. The van der Waals surface area contributed by atoms with E-state index in [4.69, 9.17) is 0 Å². The number of carbonyl (C=O) groups is 1. The minimum absolute atomic E-state index is 0.489. The van der Waals surface area contributed by atoms with E-state index >= 15 is 0 Å². The van der Waals surface area contributed by atoms with E-state index in [1.807, 2.05) is 12.1 Å². The van der Waals surface area contributed by atoms with Crippen LogP contribution in [0.25, 0.3) is 0 Å². The SMILES string of the molecule is O=C(Cn1cccc(C(F)(F)F)c1=O)Nc1cccc(N2CCCC2)c1. The second-order valence-electron chi connectivity index (χ2n) is 6.15. The second kappa shape index (κ2) is 7.23. The molecule has 0 bridgehead atoms. The number of aromatic nitrogens is 1. The van der Waals surface area contributed by atoms with Gasteiger partial charge in [0.1, 0.15) is 12.1 Å². The number of hydrogen-bond acceptors (Lipinski definition) is 3. The van der Waals surface area contributed by atoms with Gasteiger partial charge in [0.15, 0.2) is 0 Å². The number of carbonyl (C=O) groups excluding carboxylic acids is 1. The molecule has 1 aliphatic rings. The van der Waals surface area contributed by atoms with Crippen LogP contribution in [-0.2, 0) is 17.5 Å². The van der Waals surface area contributed by atoms with Gasteiger partial charge in [-0.05, 0) is 43.2 Å². The van der Waals surface area contributed by atoms with Crippen molar-refractivity contribution in [1.82, 2.24) is 4.57 Å². The molecular weight excluding hydrogens is 347 g/mol. The number of hydrogen-bond donors (Lipinski definition) is 1. The average molecular weight is 365 g/mol. The van der Waals surface area contributed by atoms with Gasteiger partial charge in [-0.1, -0.05) is 6.07 Å². The molecule has 0 unspecified atom stereocenters. The Kier molecular flexibility index (Phi) is 5.01. The summed E-state index contributed by atoms with van der Waals surface area (Å²) in [5.74, 6) is -0.565. The molecule has 1 amide bonds. The highest BCUT2D eigenvalue weighted by molar-refractivity contribution is 5.91. The van der Waals surface area contributed by atoms with E-state index in [1.54, 1.807) is 12.1 Å². The predicted octanol–water partition coefficient (Wildman–Crippen LogP) is 3.11. The van der Waals surface area contributed by atoms with Crippen LogP contribution in [-0.4, -0.2) is 23.6 Å². The maximum atomic E-state index is 12.8. The Morgan fingerprint density at radius 3 is 2.54 bits per heavy atom. The molecule has 26 heavy (non-hydrogen) atoms. The van der Waals surface area contributed by atoms with E-state index in [0.29, 0.717) is 11.8 Å². The van der Waals surface area contributed by atoms with E-state index < -0.39 is 29.8 Å². The lowest BCUT2D eigenvalue weighted by Crippen LogP contribution is -2.32. The molecule has 0 aliphatic carbocycles. The topological polar surface area (TPSA) is 54.3 Å². The van der Waals surface area contributed by atoms with Crippen molar-refractivity contribution in [2.45, 2.75) is 25.6 Å². The van der Waals surface area contributed by atoms with Gasteiger partial charge in [0, 0.05) is 30.7 Å². The molecule has 2 heterocycles. The Labute approximate surface area is 148 Å². The van der Waals surface area contributed by atoms with E-state index in [1.165, 1.54) is 0 Å². The summed E-state index contributed by atoms with van der Waals surface area (Å²) in [5.41, 5.74) is -0.999. The maximum Gasteiger partial charge on any atom is 0.421 e. The van der Waals surface area contributed by atoms with E-state index in [2.05, 4.69) is 10.2 Å². The zero-order valence-electron chi connectivity index (χ0n) is 13.9. The summed E-state index contributed by atoms with van der Waals surface area (Å²) in [4.78, 5) is 26.3. The third-order valence-corrected chi connectivity index (χ3v) is 4.24. The van der Waals surface area contributed by atoms with Crippen LogP contribution in [0.3, 0.4) is 0 Å². The van der Waals surface area contributed by atoms with Crippen LogP contribution >= 0.6 is 0 Å². The fourth-order valence-corrected chi connectivity index (χ4v) is 2.99.